The predicted octanol–water partition coefficient (Wildman–Crippen LogP) is 0.516. The van der Waals surface area contributed by atoms with Crippen LogP contribution in [0.5, 0.6) is 5.75 Å². The molecule has 0 aliphatic heterocycles. The second-order valence-electron chi connectivity index (χ2n) is 2.42. The molecule has 0 aliphatic rings. The van der Waals surface area contributed by atoms with Crippen molar-refractivity contribution in [3.63, 3.8) is 0 Å². The zero-order valence-electron chi connectivity index (χ0n) is 6.74. The van der Waals surface area contributed by atoms with Crippen molar-refractivity contribution in [2.45, 2.75) is 6.82 Å². The number of hydrogen-bond donors (Lipinski definition) is 1. The van der Waals surface area contributed by atoms with Gasteiger partial charge in [-0.15, -0.1) is 0 Å². The van der Waals surface area contributed by atoms with E-state index in [0.29, 0.717) is 0 Å². The molecule has 0 atom stereocenters. The van der Waals surface area contributed by atoms with Crippen LogP contribution >= 0.6 is 0 Å². The minimum absolute atomic E-state index is 0.467. The van der Waals surface area contributed by atoms with Gasteiger partial charge >= 0.3 is 6.92 Å². The van der Waals surface area contributed by atoms with E-state index in [-0.39, 0.29) is 0 Å². The van der Waals surface area contributed by atoms with Crippen molar-refractivity contribution >= 4 is 12.4 Å². The zero-order valence-corrected chi connectivity index (χ0v) is 6.74. The lowest BCUT2D eigenvalue weighted by atomic mass is 9.64. The van der Waals surface area contributed by atoms with Crippen LogP contribution in [0.2, 0.25) is 6.82 Å². The first kappa shape index (κ1) is 8.14. The molecule has 1 rings (SSSR count). The van der Waals surface area contributed by atoms with Crippen LogP contribution in [-0.4, -0.2) is 19.0 Å². The topological polar surface area (TPSA) is 29.5 Å². The van der Waals surface area contributed by atoms with Gasteiger partial charge in [-0.25, -0.2) is 0 Å². The summed E-state index contributed by atoms with van der Waals surface area (Å²) >= 11 is 0. The molecular formula is C8H11BO2. The molecule has 0 bridgehead atoms. The number of benzene rings is 1. The van der Waals surface area contributed by atoms with E-state index in [9.17, 15) is 5.02 Å². The van der Waals surface area contributed by atoms with Gasteiger partial charge in [-0.3, -0.25) is 0 Å². The first-order valence-corrected chi connectivity index (χ1v) is 3.56. The molecule has 0 unspecified atom stereocenters. The summed E-state index contributed by atoms with van der Waals surface area (Å²) in [4.78, 5) is 0. The fourth-order valence-corrected chi connectivity index (χ4v) is 1.01. The number of para-hydroxylation sites is 1. The SMILES string of the molecule is COc1ccccc1B(C)O. The van der Waals surface area contributed by atoms with E-state index < -0.39 is 6.92 Å². The molecule has 0 amide bonds. The van der Waals surface area contributed by atoms with Crippen molar-refractivity contribution < 1.29 is 9.76 Å². The highest BCUT2D eigenvalue weighted by Crippen LogP contribution is 2.05. The summed E-state index contributed by atoms with van der Waals surface area (Å²) < 4.78 is 5.05. The Morgan fingerprint density at radius 1 is 1.36 bits per heavy atom. The summed E-state index contributed by atoms with van der Waals surface area (Å²) in [5.74, 6) is 0.738. The summed E-state index contributed by atoms with van der Waals surface area (Å²) in [6.45, 7) is 1.25. The molecule has 1 N–H and O–H groups in total. The van der Waals surface area contributed by atoms with Crippen LogP contribution in [0.25, 0.3) is 0 Å². The van der Waals surface area contributed by atoms with Gasteiger partial charge in [0.2, 0.25) is 0 Å². The minimum atomic E-state index is -0.467. The molecule has 0 aliphatic carbocycles. The van der Waals surface area contributed by atoms with Crippen LogP contribution in [0.1, 0.15) is 0 Å². The van der Waals surface area contributed by atoms with Crippen molar-refractivity contribution in [1.29, 1.82) is 0 Å². The predicted molar refractivity (Wildman–Crippen MR) is 46.5 cm³/mol. The third-order valence-electron chi connectivity index (χ3n) is 1.59. The van der Waals surface area contributed by atoms with Crippen molar-refractivity contribution in [1.82, 2.24) is 0 Å². The van der Waals surface area contributed by atoms with Gasteiger partial charge in [0.15, 0.2) is 0 Å². The molecule has 0 heterocycles. The maximum atomic E-state index is 9.26. The molecule has 0 saturated carbocycles. The molecule has 3 heteroatoms. The molecule has 0 radical (unpaired) electrons. The molecule has 11 heavy (non-hydrogen) atoms. The van der Waals surface area contributed by atoms with E-state index in [0.717, 1.165) is 11.2 Å². The van der Waals surface area contributed by atoms with E-state index in [2.05, 4.69) is 0 Å². The molecular weight excluding hydrogens is 139 g/mol. The van der Waals surface area contributed by atoms with Crippen LogP contribution in [0.15, 0.2) is 24.3 Å². The molecule has 58 valence electrons. The average Bonchev–Trinajstić information content (AvgIpc) is 2.04. The largest absolute Gasteiger partial charge is 0.497 e. The Morgan fingerprint density at radius 3 is 2.45 bits per heavy atom. The Balaban J connectivity index is 3.02. The Bertz CT molecular complexity index is 235. The highest BCUT2D eigenvalue weighted by molar-refractivity contribution is 6.65. The van der Waals surface area contributed by atoms with Crippen molar-refractivity contribution in [3.8, 4) is 5.75 Å². The van der Waals surface area contributed by atoms with E-state index in [1.165, 1.54) is 0 Å². The molecule has 1 aromatic rings. The minimum Gasteiger partial charge on any atom is -0.497 e. The van der Waals surface area contributed by atoms with Crippen molar-refractivity contribution in [3.05, 3.63) is 24.3 Å². The van der Waals surface area contributed by atoms with Crippen LogP contribution < -0.4 is 10.2 Å². The van der Waals surface area contributed by atoms with Gasteiger partial charge in [0.1, 0.15) is 5.75 Å². The lowest BCUT2D eigenvalue weighted by Gasteiger charge is -2.06. The van der Waals surface area contributed by atoms with E-state index in [1.54, 1.807) is 13.9 Å². The van der Waals surface area contributed by atoms with E-state index >= 15 is 0 Å². The Hall–Kier alpha value is -0.955. The second-order valence-corrected chi connectivity index (χ2v) is 2.42. The quantitative estimate of drug-likeness (QED) is 0.622. The van der Waals surface area contributed by atoms with Crippen LogP contribution in [0.4, 0.5) is 0 Å². The van der Waals surface area contributed by atoms with Crippen LogP contribution in [-0.2, 0) is 0 Å². The standard InChI is InChI=1S/C8H11BO2/c1-9(10)7-5-3-4-6-8(7)11-2/h3-6,10H,1-2H3. The fourth-order valence-electron chi connectivity index (χ4n) is 1.01. The summed E-state index contributed by atoms with van der Waals surface area (Å²) in [7, 11) is 1.60. The van der Waals surface area contributed by atoms with Crippen molar-refractivity contribution in [2.24, 2.45) is 0 Å². The molecule has 0 saturated heterocycles. The monoisotopic (exact) mass is 150 g/mol. The summed E-state index contributed by atoms with van der Waals surface area (Å²) in [5.41, 5.74) is 0.829. The number of methoxy groups -OCH3 is 1. The Morgan fingerprint density at radius 2 is 2.00 bits per heavy atom. The first-order valence-electron chi connectivity index (χ1n) is 3.56. The van der Waals surface area contributed by atoms with E-state index in [1.807, 2.05) is 24.3 Å². The molecule has 2 nitrogen and oxygen atoms in total. The number of ether oxygens (including phenoxy) is 1. The van der Waals surface area contributed by atoms with Crippen LogP contribution in [0.3, 0.4) is 0 Å². The zero-order chi connectivity index (χ0) is 8.27. The Kier molecular flexibility index (Phi) is 2.55. The summed E-state index contributed by atoms with van der Waals surface area (Å²) in [5, 5.41) is 9.26. The average molecular weight is 150 g/mol. The second kappa shape index (κ2) is 3.44. The van der Waals surface area contributed by atoms with Gasteiger partial charge in [-0.1, -0.05) is 25.0 Å². The third-order valence-corrected chi connectivity index (χ3v) is 1.59. The lowest BCUT2D eigenvalue weighted by Crippen LogP contribution is -2.27. The van der Waals surface area contributed by atoms with Gasteiger partial charge in [-0.2, -0.15) is 0 Å². The molecule has 0 aromatic heterocycles. The normalized spacial score (nSPS) is 9.36. The highest BCUT2D eigenvalue weighted by Gasteiger charge is 2.10. The van der Waals surface area contributed by atoms with Gasteiger partial charge in [0, 0.05) is 0 Å². The van der Waals surface area contributed by atoms with Gasteiger partial charge in [0.25, 0.3) is 0 Å². The summed E-state index contributed by atoms with van der Waals surface area (Å²) in [6.07, 6.45) is 0. The highest BCUT2D eigenvalue weighted by atomic mass is 16.5. The van der Waals surface area contributed by atoms with Crippen molar-refractivity contribution in [2.75, 3.05) is 7.11 Å². The molecule has 0 fully saturated rings. The third kappa shape index (κ3) is 1.74. The Labute approximate surface area is 66.9 Å². The van der Waals surface area contributed by atoms with E-state index in [4.69, 9.17) is 4.74 Å². The fraction of sp³-hybridized carbons (Fsp3) is 0.250. The molecule has 1 aromatic carbocycles. The maximum absolute atomic E-state index is 9.26. The van der Waals surface area contributed by atoms with Crippen LogP contribution in [0, 0.1) is 0 Å². The lowest BCUT2D eigenvalue weighted by molar-refractivity contribution is 0.417. The van der Waals surface area contributed by atoms with Gasteiger partial charge in [-0.05, 0) is 11.5 Å². The van der Waals surface area contributed by atoms with Gasteiger partial charge < -0.3 is 9.76 Å². The number of rotatable bonds is 2. The smallest absolute Gasteiger partial charge is 0.324 e. The summed E-state index contributed by atoms with van der Waals surface area (Å²) in [6, 6.07) is 7.45. The first-order chi connectivity index (χ1) is 5.25. The van der Waals surface area contributed by atoms with Gasteiger partial charge in [0.05, 0.1) is 7.11 Å². The maximum Gasteiger partial charge on any atom is 0.324 e. The molecule has 0 spiro atoms. The number of hydrogen-bond acceptors (Lipinski definition) is 2.